The zero-order valence-electron chi connectivity index (χ0n) is 10.2. The Morgan fingerprint density at radius 2 is 2.24 bits per heavy atom. The summed E-state index contributed by atoms with van der Waals surface area (Å²) in [6.07, 6.45) is 3.67. The van der Waals surface area contributed by atoms with Gasteiger partial charge in [0.05, 0.1) is 11.0 Å². The van der Waals surface area contributed by atoms with E-state index in [1.54, 1.807) is 0 Å². The van der Waals surface area contributed by atoms with Gasteiger partial charge in [-0.25, -0.2) is 8.42 Å². The van der Waals surface area contributed by atoms with E-state index in [-0.39, 0.29) is 12.3 Å². The summed E-state index contributed by atoms with van der Waals surface area (Å²) in [4.78, 5) is 11.0. The summed E-state index contributed by atoms with van der Waals surface area (Å²) in [5.74, 6) is -0.652. The third-order valence-electron chi connectivity index (χ3n) is 3.20. The maximum Gasteiger partial charge on any atom is 0.320 e. The summed E-state index contributed by atoms with van der Waals surface area (Å²) in [6.45, 7) is 2.27. The maximum atomic E-state index is 11.6. The molecule has 0 aromatic heterocycles. The molecule has 1 saturated heterocycles. The summed E-state index contributed by atoms with van der Waals surface area (Å²) >= 11 is 0. The van der Waals surface area contributed by atoms with Gasteiger partial charge in [0.2, 0.25) is 0 Å². The van der Waals surface area contributed by atoms with Crippen molar-refractivity contribution in [2.45, 2.75) is 50.3 Å². The molecule has 0 spiro atoms. The van der Waals surface area contributed by atoms with E-state index >= 15 is 0 Å². The first-order valence-electron chi connectivity index (χ1n) is 6.15. The van der Waals surface area contributed by atoms with Gasteiger partial charge in [0.25, 0.3) is 0 Å². The molecule has 0 radical (unpaired) electrons. The fourth-order valence-corrected chi connectivity index (χ4v) is 3.86. The molecule has 1 fully saturated rings. The second-order valence-corrected chi connectivity index (χ2v) is 6.97. The molecule has 1 rings (SSSR count). The number of hydrogen-bond acceptors (Lipinski definition) is 4. The first-order chi connectivity index (χ1) is 7.97. The van der Waals surface area contributed by atoms with Crippen LogP contribution in [0, 0.1) is 0 Å². The van der Waals surface area contributed by atoms with Crippen LogP contribution < -0.4 is 5.32 Å². The molecule has 6 heteroatoms. The van der Waals surface area contributed by atoms with E-state index in [1.807, 2.05) is 6.92 Å². The highest BCUT2D eigenvalue weighted by molar-refractivity contribution is 7.92. The van der Waals surface area contributed by atoms with Crippen LogP contribution >= 0.6 is 0 Å². The fraction of sp³-hybridized carbons (Fsp3) is 0.909. The third-order valence-corrected chi connectivity index (χ3v) is 5.48. The number of hydrogen-bond donors (Lipinski definition) is 2. The highest BCUT2D eigenvalue weighted by atomic mass is 32.2. The highest BCUT2D eigenvalue weighted by Gasteiger charge is 2.31. The van der Waals surface area contributed by atoms with Crippen LogP contribution in [0.3, 0.4) is 0 Å². The number of nitrogens with one attached hydrogen (secondary N) is 1. The number of sulfone groups is 1. The molecule has 1 aliphatic rings. The lowest BCUT2D eigenvalue weighted by atomic mass is 10.1. The van der Waals surface area contributed by atoms with Crippen molar-refractivity contribution in [2.24, 2.45) is 0 Å². The molecular weight excluding hydrogens is 242 g/mol. The van der Waals surface area contributed by atoms with Crippen molar-refractivity contribution in [2.75, 3.05) is 12.3 Å². The predicted molar refractivity (Wildman–Crippen MR) is 65.8 cm³/mol. The van der Waals surface area contributed by atoms with Gasteiger partial charge >= 0.3 is 5.97 Å². The Balaban J connectivity index is 2.44. The molecular formula is C11H21NO4S. The standard InChI is InChI=1S/C11H21NO4S/c1-2-3-6-10(11(13)14)12-8-9-5-4-7-17(9,15)16/h9-10,12H,2-8H2,1H3,(H,13,14). The molecule has 0 aromatic rings. The van der Waals surface area contributed by atoms with E-state index < -0.39 is 27.1 Å². The van der Waals surface area contributed by atoms with E-state index in [1.165, 1.54) is 0 Å². The molecule has 2 atom stereocenters. The minimum atomic E-state index is -2.98. The lowest BCUT2D eigenvalue weighted by Gasteiger charge is -2.16. The van der Waals surface area contributed by atoms with Crippen LogP contribution in [0.25, 0.3) is 0 Å². The average molecular weight is 263 g/mol. The van der Waals surface area contributed by atoms with Crippen molar-refractivity contribution in [1.82, 2.24) is 5.32 Å². The largest absolute Gasteiger partial charge is 0.480 e. The molecule has 2 unspecified atom stereocenters. The van der Waals surface area contributed by atoms with Gasteiger partial charge in [-0.2, -0.15) is 0 Å². The molecule has 100 valence electrons. The van der Waals surface area contributed by atoms with Gasteiger partial charge in [-0.05, 0) is 19.3 Å². The van der Waals surface area contributed by atoms with Gasteiger partial charge in [-0.15, -0.1) is 0 Å². The molecule has 17 heavy (non-hydrogen) atoms. The van der Waals surface area contributed by atoms with Gasteiger partial charge < -0.3 is 10.4 Å². The van der Waals surface area contributed by atoms with Crippen molar-refractivity contribution >= 4 is 15.8 Å². The average Bonchev–Trinajstić information content (AvgIpc) is 2.57. The minimum absolute atomic E-state index is 0.242. The monoisotopic (exact) mass is 263 g/mol. The van der Waals surface area contributed by atoms with Crippen LogP contribution in [-0.4, -0.2) is 43.1 Å². The van der Waals surface area contributed by atoms with Crippen molar-refractivity contribution in [3.8, 4) is 0 Å². The lowest BCUT2D eigenvalue weighted by molar-refractivity contribution is -0.139. The Morgan fingerprint density at radius 1 is 1.53 bits per heavy atom. The lowest BCUT2D eigenvalue weighted by Crippen LogP contribution is -2.42. The third kappa shape index (κ3) is 4.27. The minimum Gasteiger partial charge on any atom is -0.480 e. The number of rotatable bonds is 7. The molecule has 0 amide bonds. The topological polar surface area (TPSA) is 83.5 Å². The fourth-order valence-electron chi connectivity index (χ4n) is 2.08. The van der Waals surface area contributed by atoms with Gasteiger partial charge in [-0.1, -0.05) is 19.8 Å². The summed E-state index contributed by atoms with van der Waals surface area (Å²) in [7, 11) is -2.98. The van der Waals surface area contributed by atoms with E-state index in [9.17, 15) is 13.2 Å². The summed E-state index contributed by atoms with van der Waals surface area (Å²) < 4.78 is 23.1. The quantitative estimate of drug-likeness (QED) is 0.709. The van der Waals surface area contributed by atoms with Crippen LogP contribution in [0.1, 0.15) is 39.0 Å². The van der Waals surface area contributed by atoms with Crippen LogP contribution in [0.4, 0.5) is 0 Å². The number of carbonyl (C=O) groups is 1. The van der Waals surface area contributed by atoms with Crippen LogP contribution in [-0.2, 0) is 14.6 Å². The zero-order chi connectivity index (χ0) is 12.9. The predicted octanol–water partition coefficient (Wildman–Crippen LogP) is 0.797. The zero-order valence-corrected chi connectivity index (χ0v) is 11.0. The van der Waals surface area contributed by atoms with Gasteiger partial charge in [0.1, 0.15) is 6.04 Å². The second-order valence-electron chi connectivity index (χ2n) is 4.57. The smallest absolute Gasteiger partial charge is 0.320 e. The van der Waals surface area contributed by atoms with Crippen LogP contribution in [0.2, 0.25) is 0 Å². The molecule has 1 aliphatic heterocycles. The van der Waals surface area contributed by atoms with E-state index in [0.29, 0.717) is 19.3 Å². The molecule has 2 N–H and O–H groups in total. The first-order valence-corrected chi connectivity index (χ1v) is 7.86. The SMILES string of the molecule is CCCCC(NCC1CCCS1(=O)=O)C(=O)O. The first kappa shape index (κ1) is 14.4. The van der Waals surface area contributed by atoms with Gasteiger partial charge in [-0.3, -0.25) is 4.79 Å². The molecule has 0 bridgehead atoms. The van der Waals surface area contributed by atoms with Crippen molar-refractivity contribution in [3.63, 3.8) is 0 Å². The van der Waals surface area contributed by atoms with Gasteiger partial charge in [0, 0.05) is 6.54 Å². The van der Waals surface area contributed by atoms with Crippen LogP contribution in [0.5, 0.6) is 0 Å². The normalized spacial score (nSPS) is 24.6. The Morgan fingerprint density at radius 3 is 2.71 bits per heavy atom. The second kappa shape index (κ2) is 6.35. The van der Waals surface area contributed by atoms with Crippen molar-refractivity contribution in [3.05, 3.63) is 0 Å². The Kier molecular flexibility index (Phi) is 5.39. The Bertz CT molecular complexity index is 352. The van der Waals surface area contributed by atoms with Crippen molar-refractivity contribution in [1.29, 1.82) is 0 Å². The van der Waals surface area contributed by atoms with E-state index in [0.717, 1.165) is 12.8 Å². The summed E-state index contributed by atoms with van der Waals surface area (Å²) in [5.41, 5.74) is 0. The van der Waals surface area contributed by atoms with E-state index in [2.05, 4.69) is 5.32 Å². The molecule has 0 aliphatic carbocycles. The summed E-state index contributed by atoms with van der Waals surface area (Å²) in [6, 6.07) is -0.620. The van der Waals surface area contributed by atoms with Crippen molar-refractivity contribution < 1.29 is 18.3 Å². The Hall–Kier alpha value is -0.620. The highest BCUT2D eigenvalue weighted by Crippen LogP contribution is 2.19. The number of aliphatic carboxylic acids is 1. The van der Waals surface area contributed by atoms with Gasteiger partial charge in [0.15, 0.2) is 9.84 Å². The number of carboxylic acid groups (broad SMARTS) is 1. The maximum absolute atomic E-state index is 11.6. The van der Waals surface area contributed by atoms with E-state index in [4.69, 9.17) is 5.11 Å². The molecule has 1 heterocycles. The summed E-state index contributed by atoms with van der Waals surface area (Å²) in [5, 5.41) is 11.5. The molecule has 5 nitrogen and oxygen atoms in total. The molecule has 0 aromatic carbocycles. The Labute approximate surface area is 103 Å². The van der Waals surface area contributed by atoms with Crippen LogP contribution in [0.15, 0.2) is 0 Å². The molecule has 0 saturated carbocycles. The number of unbranched alkanes of at least 4 members (excludes halogenated alkanes) is 1. The number of carboxylic acids is 1.